The van der Waals surface area contributed by atoms with Gasteiger partial charge in [-0.2, -0.15) is 0 Å². The first-order chi connectivity index (χ1) is 8.69. The molecule has 1 atom stereocenters. The highest BCUT2D eigenvalue weighted by Gasteiger charge is 2.33. The van der Waals surface area contributed by atoms with Crippen molar-refractivity contribution < 1.29 is 5.11 Å². The van der Waals surface area contributed by atoms with Crippen molar-refractivity contribution in [3.63, 3.8) is 0 Å². The average molecular weight is 256 g/mol. The molecule has 0 spiro atoms. The van der Waals surface area contributed by atoms with Gasteiger partial charge < -0.3 is 15.3 Å². The number of hydrogen-bond donors (Lipinski definition) is 2. The van der Waals surface area contributed by atoms with Crippen LogP contribution in [0.15, 0.2) is 0 Å². The van der Waals surface area contributed by atoms with Crippen LogP contribution in [-0.2, 0) is 0 Å². The van der Waals surface area contributed by atoms with Crippen molar-refractivity contribution in [2.24, 2.45) is 0 Å². The summed E-state index contributed by atoms with van der Waals surface area (Å²) in [6, 6.07) is 0.676. The van der Waals surface area contributed by atoms with E-state index >= 15 is 0 Å². The lowest BCUT2D eigenvalue weighted by Crippen LogP contribution is -2.49. The van der Waals surface area contributed by atoms with Gasteiger partial charge in [0, 0.05) is 11.6 Å². The molecule has 1 fully saturated rings. The second-order valence-electron chi connectivity index (χ2n) is 5.75. The predicted molar refractivity (Wildman–Crippen MR) is 77.9 cm³/mol. The topological polar surface area (TPSA) is 35.5 Å². The van der Waals surface area contributed by atoms with Gasteiger partial charge in [0.2, 0.25) is 0 Å². The summed E-state index contributed by atoms with van der Waals surface area (Å²) >= 11 is 0. The molecule has 108 valence electrons. The van der Waals surface area contributed by atoms with Gasteiger partial charge in [-0.1, -0.05) is 20.8 Å². The first-order valence-corrected chi connectivity index (χ1v) is 7.80. The summed E-state index contributed by atoms with van der Waals surface area (Å²) in [6.07, 6.45) is 7.11. The fourth-order valence-electron chi connectivity index (χ4n) is 2.63. The Balaban J connectivity index is 2.31. The first-order valence-electron chi connectivity index (χ1n) is 7.80. The van der Waals surface area contributed by atoms with Crippen molar-refractivity contribution in [2.75, 3.05) is 26.2 Å². The van der Waals surface area contributed by atoms with Crippen LogP contribution in [0.1, 0.15) is 59.3 Å². The molecular formula is C15H32N2O. The Labute approximate surface area is 113 Å². The zero-order valence-electron chi connectivity index (χ0n) is 12.5. The van der Waals surface area contributed by atoms with E-state index in [2.05, 4.69) is 31.0 Å². The van der Waals surface area contributed by atoms with Gasteiger partial charge in [0.15, 0.2) is 0 Å². The fraction of sp³-hybridized carbons (Fsp3) is 1.00. The number of aliphatic hydroxyl groups is 1. The quantitative estimate of drug-likeness (QED) is 0.596. The molecule has 1 rings (SSSR count). The molecule has 0 aromatic rings. The summed E-state index contributed by atoms with van der Waals surface area (Å²) in [5.74, 6) is 0. The number of rotatable bonds is 11. The smallest absolute Gasteiger partial charge is 0.0613 e. The maximum absolute atomic E-state index is 9.70. The monoisotopic (exact) mass is 256 g/mol. The molecule has 0 amide bonds. The molecule has 18 heavy (non-hydrogen) atoms. The summed E-state index contributed by atoms with van der Waals surface area (Å²) in [7, 11) is 0. The molecule has 0 heterocycles. The minimum atomic E-state index is -0.0210. The van der Waals surface area contributed by atoms with Crippen molar-refractivity contribution >= 4 is 0 Å². The van der Waals surface area contributed by atoms with Crippen LogP contribution in [-0.4, -0.2) is 47.8 Å². The van der Waals surface area contributed by atoms with E-state index in [4.69, 9.17) is 0 Å². The van der Waals surface area contributed by atoms with Crippen LogP contribution in [0.2, 0.25) is 0 Å². The lowest BCUT2D eigenvalue weighted by molar-refractivity contribution is 0.136. The van der Waals surface area contributed by atoms with Crippen LogP contribution in [0.3, 0.4) is 0 Å². The maximum Gasteiger partial charge on any atom is 0.0613 e. The van der Waals surface area contributed by atoms with E-state index in [-0.39, 0.29) is 12.1 Å². The highest BCUT2D eigenvalue weighted by atomic mass is 16.3. The van der Waals surface area contributed by atoms with Gasteiger partial charge in [0.1, 0.15) is 0 Å². The summed E-state index contributed by atoms with van der Waals surface area (Å²) in [6.45, 7) is 10.4. The summed E-state index contributed by atoms with van der Waals surface area (Å²) < 4.78 is 0. The lowest BCUT2D eigenvalue weighted by atomic mass is 9.91. The number of hydrogen-bond acceptors (Lipinski definition) is 3. The molecule has 0 saturated heterocycles. The third-order valence-electron chi connectivity index (χ3n) is 4.18. The molecule has 0 bridgehead atoms. The molecule has 1 unspecified atom stereocenters. The Hall–Kier alpha value is -0.120. The Bertz CT molecular complexity index is 213. The molecule has 1 aliphatic rings. The zero-order valence-corrected chi connectivity index (χ0v) is 12.5. The highest BCUT2D eigenvalue weighted by Crippen LogP contribution is 2.26. The fourth-order valence-corrected chi connectivity index (χ4v) is 2.63. The van der Waals surface area contributed by atoms with Gasteiger partial charge in [0.25, 0.3) is 0 Å². The molecule has 0 radical (unpaired) electrons. The summed E-state index contributed by atoms with van der Waals surface area (Å²) in [5, 5.41) is 13.4. The van der Waals surface area contributed by atoms with Crippen LogP contribution in [0, 0.1) is 0 Å². The average Bonchev–Trinajstić information content (AvgIpc) is 3.20. The Kier molecular flexibility index (Phi) is 7.20. The molecule has 1 aliphatic carbocycles. The second-order valence-corrected chi connectivity index (χ2v) is 5.75. The molecule has 0 aromatic carbocycles. The van der Waals surface area contributed by atoms with Crippen molar-refractivity contribution in [1.82, 2.24) is 10.2 Å². The number of nitrogens with zero attached hydrogens (tertiary/aromatic N) is 1. The molecular weight excluding hydrogens is 224 g/mol. The molecule has 0 aliphatic heterocycles. The normalized spacial score (nSPS) is 19.2. The minimum absolute atomic E-state index is 0.0210. The van der Waals surface area contributed by atoms with E-state index in [1.54, 1.807) is 0 Å². The van der Waals surface area contributed by atoms with Gasteiger partial charge in [0.05, 0.1) is 6.61 Å². The van der Waals surface area contributed by atoms with Crippen molar-refractivity contribution in [2.45, 2.75) is 70.9 Å². The Morgan fingerprint density at radius 3 is 2.39 bits per heavy atom. The Morgan fingerprint density at radius 2 is 1.94 bits per heavy atom. The van der Waals surface area contributed by atoms with Crippen LogP contribution < -0.4 is 5.32 Å². The second kappa shape index (κ2) is 8.13. The largest absolute Gasteiger partial charge is 0.394 e. The zero-order chi connectivity index (χ0) is 13.4. The molecule has 2 N–H and O–H groups in total. The molecule has 3 heteroatoms. The van der Waals surface area contributed by atoms with Crippen LogP contribution in [0.5, 0.6) is 0 Å². The third-order valence-corrected chi connectivity index (χ3v) is 4.18. The molecule has 3 nitrogen and oxygen atoms in total. The molecule has 0 aromatic heterocycles. The van der Waals surface area contributed by atoms with Crippen molar-refractivity contribution in [3.8, 4) is 0 Å². The highest BCUT2D eigenvalue weighted by molar-refractivity contribution is 4.94. The third kappa shape index (κ3) is 5.25. The summed E-state index contributed by atoms with van der Waals surface area (Å²) in [4.78, 5) is 2.51. The van der Waals surface area contributed by atoms with E-state index in [0.29, 0.717) is 6.04 Å². The number of aliphatic hydroxyl groups excluding tert-OH is 1. The van der Waals surface area contributed by atoms with E-state index in [1.807, 2.05) is 0 Å². The molecule has 1 saturated carbocycles. The van der Waals surface area contributed by atoms with E-state index in [1.165, 1.54) is 38.8 Å². The van der Waals surface area contributed by atoms with Crippen LogP contribution in [0.25, 0.3) is 0 Å². The van der Waals surface area contributed by atoms with Gasteiger partial charge in [-0.25, -0.2) is 0 Å². The summed E-state index contributed by atoms with van der Waals surface area (Å²) in [5.41, 5.74) is -0.0210. The van der Waals surface area contributed by atoms with E-state index in [9.17, 15) is 5.11 Å². The number of nitrogens with one attached hydrogen (secondary N) is 1. The van der Waals surface area contributed by atoms with E-state index in [0.717, 1.165) is 19.4 Å². The van der Waals surface area contributed by atoms with Crippen molar-refractivity contribution in [1.29, 1.82) is 0 Å². The van der Waals surface area contributed by atoms with Gasteiger partial charge in [-0.3, -0.25) is 0 Å². The van der Waals surface area contributed by atoms with E-state index < -0.39 is 0 Å². The standard InChI is InChI=1S/C15H32N2O/c1-4-11-17(6-3)12-7-10-15(5-2,13-18)16-14-8-9-14/h14,16,18H,4-13H2,1-3H3. The lowest BCUT2D eigenvalue weighted by Gasteiger charge is -2.33. The SMILES string of the molecule is CCCN(CC)CCCC(CC)(CO)NC1CC1. The Morgan fingerprint density at radius 1 is 1.22 bits per heavy atom. The predicted octanol–water partition coefficient (Wildman–Crippen LogP) is 2.39. The van der Waals surface area contributed by atoms with Crippen molar-refractivity contribution in [3.05, 3.63) is 0 Å². The van der Waals surface area contributed by atoms with Crippen LogP contribution in [0.4, 0.5) is 0 Å². The van der Waals surface area contributed by atoms with Gasteiger partial charge in [-0.15, -0.1) is 0 Å². The first kappa shape index (κ1) is 15.9. The van der Waals surface area contributed by atoms with Gasteiger partial charge in [-0.05, 0) is 58.2 Å². The van der Waals surface area contributed by atoms with Gasteiger partial charge >= 0.3 is 0 Å². The van der Waals surface area contributed by atoms with Crippen LogP contribution >= 0.6 is 0 Å². The maximum atomic E-state index is 9.70. The minimum Gasteiger partial charge on any atom is -0.394 e.